The van der Waals surface area contributed by atoms with Gasteiger partial charge in [-0.25, -0.2) is 4.98 Å². The van der Waals surface area contributed by atoms with Crippen LogP contribution in [0.25, 0.3) is 0 Å². The van der Waals surface area contributed by atoms with E-state index in [1.54, 1.807) is 11.3 Å². The van der Waals surface area contributed by atoms with E-state index in [0.29, 0.717) is 0 Å². The molecule has 1 unspecified atom stereocenters. The molecule has 0 amide bonds. The molecule has 0 aliphatic heterocycles. The molecule has 0 spiro atoms. The smallest absolute Gasteiger partial charge is 0.0900 e. The summed E-state index contributed by atoms with van der Waals surface area (Å²) in [5, 5.41) is 9.19. The van der Waals surface area contributed by atoms with Crippen LogP contribution in [-0.2, 0) is 6.54 Å². The van der Waals surface area contributed by atoms with Crippen molar-refractivity contribution in [2.75, 3.05) is 6.54 Å². The van der Waals surface area contributed by atoms with Crippen LogP contribution in [-0.4, -0.2) is 21.3 Å². The highest BCUT2D eigenvalue weighted by atomic mass is 79.9. The van der Waals surface area contributed by atoms with Crippen LogP contribution in [0.4, 0.5) is 0 Å². The summed E-state index contributed by atoms with van der Waals surface area (Å²) < 4.78 is 3.10. The zero-order valence-electron chi connectivity index (χ0n) is 12.4. The Balaban J connectivity index is 2.46. The van der Waals surface area contributed by atoms with Crippen LogP contribution >= 0.6 is 27.3 Å². The number of aromatic nitrogens is 3. The number of hydrogen-bond donors (Lipinski definition) is 1. The molecule has 2 rings (SSSR count). The maximum absolute atomic E-state index is 4.57. The summed E-state index contributed by atoms with van der Waals surface area (Å²) in [6.07, 6.45) is 2.98. The summed E-state index contributed by atoms with van der Waals surface area (Å²) in [5.74, 6) is 0. The Morgan fingerprint density at radius 2 is 2.15 bits per heavy atom. The Kier molecular flexibility index (Phi) is 5.35. The van der Waals surface area contributed by atoms with Gasteiger partial charge in [-0.05, 0) is 49.7 Å². The standard InChI is InChI=1S/C14H21BrN4S/c1-5-7-16-12(14-9(3)18-10(4)20-14)13-11(15)8-17-19(13)6-2/h8,12,16H,5-7H2,1-4H3. The van der Waals surface area contributed by atoms with Gasteiger partial charge in [-0.15, -0.1) is 11.3 Å². The summed E-state index contributed by atoms with van der Waals surface area (Å²) in [5.41, 5.74) is 2.30. The fourth-order valence-electron chi connectivity index (χ4n) is 2.33. The lowest BCUT2D eigenvalue weighted by atomic mass is 10.1. The minimum Gasteiger partial charge on any atom is -0.304 e. The normalized spacial score (nSPS) is 12.8. The number of aryl methyl sites for hydroxylation is 3. The molecule has 1 atom stereocenters. The Morgan fingerprint density at radius 3 is 2.70 bits per heavy atom. The Morgan fingerprint density at radius 1 is 1.40 bits per heavy atom. The van der Waals surface area contributed by atoms with E-state index < -0.39 is 0 Å². The van der Waals surface area contributed by atoms with E-state index in [1.165, 1.54) is 10.6 Å². The number of rotatable bonds is 6. The van der Waals surface area contributed by atoms with Gasteiger partial charge in [0.2, 0.25) is 0 Å². The van der Waals surface area contributed by atoms with Crippen molar-refractivity contribution in [3.05, 3.63) is 31.9 Å². The number of halogens is 1. The van der Waals surface area contributed by atoms with Gasteiger partial charge in [0.25, 0.3) is 0 Å². The second-order valence-electron chi connectivity index (χ2n) is 4.76. The molecule has 2 heterocycles. The molecule has 2 aromatic heterocycles. The molecule has 0 aromatic carbocycles. The molecule has 0 fully saturated rings. The first kappa shape index (κ1) is 15.7. The third-order valence-electron chi connectivity index (χ3n) is 3.21. The van der Waals surface area contributed by atoms with E-state index in [4.69, 9.17) is 0 Å². The maximum atomic E-state index is 4.57. The molecule has 1 N–H and O–H groups in total. The van der Waals surface area contributed by atoms with Crippen LogP contribution in [0.15, 0.2) is 10.7 Å². The second-order valence-corrected chi connectivity index (χ2v) is 6.85. The molecule has 4 nitrogen and oxygen atoms in total. The third-order valence-corrected chi connectivity index (χ3v) is 4.95. The SMILES string of the molecule is CCCNC(c1sc(C)nc1C)c1c(Br)cnn1CC. The van der Waals surface area contributed by atoms with Gasteiger partial charge in [0.05, 0.1) is 38.0 Å². The topological polar surface area (TPSA) is 42.7 Å². The third kappa shape index (κ3) is 3.13. The van der Waals surface area contributed by atoms with E-state index in [1.807, 2.05) is 10.9 Å². The van der Waals surface area contributed by atoms with E-state index in [2.05, 4.69) is 59.0 Å². The lowest BCUT2D eigenvalue weighted by Gasteiger charge is -2.19. The molecule has 0 aliphatic carbocycles. The number of nitrogens with one attached hydrogen (secondary N) is 1. The molecule has 0 radical (unpaired) electrons. The first-order chi connectivity index (χ1) is 9.58. The van der Waals surface area contributed by atoms with Crippen LogP contribution < -0.4 is 5.32 Å². The molecule has 110 valence electrons. The van der Waals surface area contributed by atoms with Gasteiger partial charge in [0, 0.05) is 6.54 Å². The molecule has 0 bridgehead atoms. The van der Waals surface area contributed by atoms with Crippen molar-refractivity contribution in [1.82, 2.24) is 20.1 Å². The predicted octanol–water partition coefficient (Wildman–Crippen LogP) is 3.83. The number of nitrogens with zero attached hydrogens (tertiary/aromatic N) is 3. The van der Waals surface area contributed by atoms with Crippen LogP contribution in [0.2, 0.25) is 0 Å². The molecule has 0 saturated carbocycles. The zero-order valence-corrected chi connectivity index (χ0v) is 14.8. The second kappa shape index (κ2) is 6.83. The lowest BCUT2D eigenvalue weighted by molar-refractivity contribution is 0.531. The predicted molar refractivity (Wildman–Crippen MR) is 87.3 cm³/mol. The van der Waals surface area contributed by atoms with Crippen LogP contribution in [0.5, 0.6) is 0 Å². The van der Waals surface area contributed by atoms with Crippen LogP contribution in [0.3, 0.4) is 0 Å². The van der Waals surface area contributed by atoms with Crippen molar-refractivity contribution in [3.8, 4) is 0 Å². The van der Waals surface area contributed by atoms with Crippen molar-refractivity contribution >= 4 is 27.3 Å². The van der Waals surface area contributed by atoms with Gasteiger partial charge in [0.1, 0.15) is 0 Å². The lowest BCUT2D eigenvalue weighted by Crippen LogP contribution is -2.26. The molecular weight excluding hydrogens is 336 g/mol. The van der Waals surface area contributed by atoms with Gasteiger partial charge in [0.15, 0.2) is 0 Å². The first-order valence-corrected chi connectivity index (χ1v) is 8.57. The zero-order chi connectivity index (χ0) is 14.7. The summed E-state index contributed by atoms with van der Waals surface area (Å²) in [7, 11) is 0. The van der Waals surface area contributed by atoms with Crippen molar-refractivity contribution in [2.45, 2.75) is 46.7 Å². The van der Waals surface area contributed by atoms with Crippen LogP contribution in [0.1, 0.15) is 47.6 Å². The summed E-state index contributed by atoms with van der Waals surface area (Å²) in [4.78, 5) is 5.85. The van der Waals surface area contributed by atoms with Gasteiger partial charge in [-0.1, -0.05) is 6.92 Å². The fraction of sp³-hybridized carbons (Fsp3) is 0.571. The quantitative estimate of drug-likeness (QED) is 0.855. The van der Waals surface area contributed by atoms with Gasteiger partial charge >= 0.3 is 0 Å². The van der Waals surface area contributed by atoms with Crippen molar-refractivity contribution in [2.24, 2.45) is 0 Å². The highest BCUT2D eigenvalue weighted by molar-refractivity contribution is 9.10. The Labute approximate surface area is 132 Å². The molecule has 2 aromatic rings. The molecule has 20 heavy (non-hydrogen) atoms. The largest absolute Gasteiger partial charge is 0.304 e. The van der Waals surface area contributed by atoms with E-state index in [9.17, 15) is 0 Å². The fourth-order valence-corrected chi connectivity index (χ4v) is 3.86. The van der Waals surface area contributed by atoms with E-state index >= 15 is 0 Å². The van der Waals surface area contributed by atoms with E-state index in [-0.39, 0.29) is 6.04 Å². The van der Waals surface area contributed by atoms with E-state index in [0.717, 1.165) is 34.7 Å². The minimum absolute atomic E-state index is 0.151. The Bertz CT molecular complexity index is 576. The Hall–Kier alpha value is -0.720. The monoisotopic (exact) mass is 356 g/mol. The molecule has 0 saturated heterocycles. The summed E-state index contributed by atoms with van der Waals surface area (Å²) in [6.45, 7) is 10.3. The van der Waals surface area contributed by atoms with Crippen LogP contribution in [0, 0.1) is 13.8 Å². The van der Waals surface area contributed by atoms with Gasteiger partial charge in [-0.2, -0.15) is 5.10 Å². The van der Waals surface area contributed by atoms with Crippen molar-refractivity contribution in [3.63, 3.8) is 0 Å². The highest BCUT2D eigenvalue weighted by Crippen LogP contribution is 2.33. The average molecular weight is 357 g/mol. The molecule has 6 heteroatoms. The molecule has 0 aliphatic rings. The van der Waals surface area contributed by atoms with Gasteiger partial charge in [-0.3, -0.25) is 4.68 Å². The first-order valence-electron chi connectivity index (χ1n) is 6.96. The number of hydrogen-bond acceptors (Lipinski definition) is 4. The summed E-state index contributed by atoms with van der Waals surface area (Å²) >= 11 is 5.40. The van der Waals surface area contributed by atoms with Crippen molar-refractivity contribution < 1.29 is 0 Å². The minimum atomic E-state index is 0.151. The maximum Gasteiger partial charge on any atom is 0.0900 e. The number of thiazole rings is 1. The average Bonchev–Trinajstić information content (AvgIpc) is 2.94. The summed E-state index contributed by atoms with van der Waals surface area (Å²) in [6, 6.07) is 0.151. The molecular formula is C14H21BrN4S. The highest BCUT2D eigenvalue weighted by Gasteiger charge is 2.24. The van der Waals surface area contributed by atoms with Gasteiger partial charge < -0.3 is 5.32 Å². The van der Waals surface area contributed by atoms with Crippen molar-refractivity contribution in [1.29, 1.82) is 0 Å².